The van der Waals surface area contributed by atoms with Gasteiger partial charge >= 0.3 is 39.5 Å². The molecule has 3 N–H and O–H groups in total. The van der Waals surface area contributed by atoms with Crippen LogP contribution < -0.4 is 0 Å². The summed E-state index contributed by atoms with van der Waals surface area (Å²) < 4.78 is 68.5. The van der Waals surface area contributed by atoms with Gasteiger partial charge in [-0.15, -0.1) is 0 Å². The minimum atomic E-state index is -4.95. The molecule has 0 aliphatic rings. The van der Waals surface area contributed by atoms with Crippen molar-refractivity contribution < 1.29 is 80.2 Å². The highest BCUT2D eigenvalue weighted by molar-refractivity contribution is 7.47. The van der Waals surface area contributed by atoms with Crippen molar-refractivity contribution in [3.8, 4) is 0 Å². The molecule has 0 amide bonds. The molecule has 0 rings (SSSR count). The van der Waals surface area contributed by atoms with E-state index in [1.54, 1.807) is 0 Å². The summed E-state index contributed by atoms with van der Waals surface area (Å²) in [6.07, 6.45) is 58.0. The fraction of sp³-hybridized carbons (Fsp3) is 0.946. The van der Waals surface area contributed by atoms with Crippen molar-refractivity contribution in [2.45, 2.75) is 412 Å². The molecule has 0 aromatic carbocycles. The highest BCUT2D eigenvalue weighted by atomic mass is 31.2. The van der Waals surface area contributed by atoms with Gasteiger partial charge in [0.15, 0.2) is 12.2 Å². The Morgan fingerprint density at radius 2 is 0.430 bits per heavy atom. The van der Waals surface area contributed by atoms with Crippen LogP contribution in [-0.4, -0.2) is 96.7 Å². The van der Waals surface area contributed by atoms with E-state index in [1.165, 1.54) is 225 Å². The number of hydrogen-bond donors (Lipinski definition) is 3. The lowest BCUT2D eigenvalue weighted by molar-refractivity contribution is -0.161. The van der Waals surface area contributed by atoms with E-state index in [0.717, 1.165) is 89.9 Å². The topological polar surface area (TPSA) is 237 Å². The molecule has 0 saturated carbocycles. The first kappa shape index (κ1) is 91.1. The molecule has 0 bridgehead atoms. The summed E-state index contributed by atoms with van der Waals surface area (Å²) in [6, 6.07) is 0. The summed E-state index contributed by atoms with van der Waals surface area (Å²) in [5.41, 5.74) is 0. The average molecular weight is 1370 g/mol. The van der Waals surface area contributed by atoms with Crippen molar-refractivity contribution in [3.05, 3.63) is 0 Å². The molecule has 2 unspecified atom stereocenters. The Bertz CT molecular complexity index is 1770. The molecule has 552 valence electrons. The number of phosphoric ester groups is 2. The Kier molecular flexibility index (Phi) is 67.1. The number of hydrogen-bond acceptors (Lipinski definition) is 15. The maximum atomic E-state index is 13.1. The second-order valence-electron chi connectivity index (χ2n) is 26.7. The summed E-state index contributed by atoms with van der Waals surface area (Å²) in [4.78, 5) is 72.7. The SMILES string of the molecule is CCCCCCCCCCCCCCCCCCC(=O)O[C@H](COC(=O)CCCCCCCCCCCCCCCC)COP(=O)(O)OC[C@@H](O)COP(=O)(O)OC[C@@H](COC(=O)CCCCCCCCCCCCC)OC(=O)CCCCCCCCCCCCCC. The Hall–Kier alpha value is -1.94. The molecular weight excluding hydrogens is 1220 g/mol. The summed E-state index contributed by atoms with van der Waals surface area (Å²) in [7, 11) is -9.90. The first-order valence-electron chi connectivity index (χ1n) is 38.8. The van der Waals surface area contributed by atoms with Crippen LogP contribution in [-0.2, 0) is 65.4 Å². The molecule has 17 nitrogen and oxygen atoms in total. The molecule has 0 heterocycles. The molecule has 0 aromatic rings. The summed E-state index contributed by atoms with van der Waals surface area (Å²) >= 11 is 0. The quantitative estimate of drug-likeness (QED) is 0.0222. The molecular formula is C74H144O17P2. The minimum absolute atomic E-state index is 0.108. The van der Waals surface area contributed by atoms with Crippen LogP contribution in [0.15, 0.2) is 0 Å². The third-order valence-corrected chi connectivity index (χ3v) is 19.3. The van der Waals surface area contributed by atoms with Gasteiger partial charge in [-0.3, -0.25) is 37.3 Å². The lowest BCUT2D eigenvalue weighted by Gasteiger charge is -2.21. The Balaban J connectivity index is 5.25. The Labute approximate surface area is 568 Å². The number of carbonyl (C=O) groups excluding carboxylic acids is 4. The van der Waals surface area contributed by atoms with Gasteiger partial charge in [0.05, 0.1) is 26.4 Å². The van der Waals surface area contributed by atoms with E-state index >= 15 is 0 Å². The maximum Gasteiger partial charge on any atom is 0.472 e. The van der Waals surface area contributed by atoms with E-state index in [4.69, 9.17) is 37.0 Å². The van der Waals surface area contributed by atoms with Crippen LogP contribution in [0.5, 0.6) is 0 Å². The summed E-state index contributed by atoms with van der Waals surface area (Å²) in [5, 5.41) is 10.6. The second kappa shape index (κ2) is 68.6. The van der Waals surface area contributed by atoms with Gasteiger partial charge in [0.25, 0.3) is 0 Å². The van der Waals surface area contributed by atoms with Gasteiger partial charge in [-0.25, -0.2) is 9.13 Å². The van der Waals surface area contributed by atoms with Crippen LogP contribution in [0, 0.1) is 0 Å². The number of ether oxygens (including phenoxy) is 4. The van der Waals surface area contributed by atoms with Gasteiger partial charge in [-0.2, -0.15) is 0 Å². The average Bonchev–Trinajstić information content (AvgIpc) is 3.62. The third-order valence-electron chi connectivity index (χ3n) is 17.4. The predicted octanol–water partition coefficient (Wildman–Crippen LogP) is 21.8. The number of unbranched alkanes of at least 4 members (excludes halogenated alkanes) is 49. The summed E-state index contributed by atoms with van der Waals surface area (Å²) in [5.74, 6) is -2.11. The first-order chi connectivity index (χ1) is 45.2. The van der Waals surface area contributed by atoms with Gasteiger partial charge in [0.1, 0.15) is 19.3 Å². The number of aliphatic hydroxyl groups excluding tert-OH is 1. The van der Waals surface area contributed by atoms with E-state index in [-0.39, 0.29) is 25.7 Å². The largest absolute Gasteiger partial charge is 0.472 e. The van der Waals surface area contributed by atoms with Gasteiger partial charge in [-0.1, -0.05) is 342 Å². The molecule has 5 atom stereocenters. The van der Waals surface area contributed by atoms with E-state index in [2.05, 4.69) is 27.7 Å². The van der Waals surface area contributed by atoms with E-state index in [0.29, 0.717) is 25.7 Å². The van der Waals surface area contributed by atoms with Crippen LogP contribution >= 0.6 is 15.6 Å². The van der Waals surface area contributed by atoms with Crippen molar-refractivity contribution in [3.63, 3.8) is 0 Å². The molecule has 93 heavy (non-hydrogen) atoms. The zero-order chi connectivity index (χ0) is 68.2. The van der Waals surface area contributed by atoms with Crippen LogP contribution in [0.2, 0.25) is 0 Å². The van der Waals surface area contributed by atoms with Crippen LogP contribution in [0.25, 0.3) is 0 Å². The van der Waals surface area contributed by atoms with E-state index in [9.17, 15) is 43.2 Å². The first-order valence-corrected chi connectivity index (χ1v) is 41.8. The molecule has 0 saturated heterocycles. The van der Waals surface area contributed by atoms with Crippen molar-refractivity contribution in [1.82, 2.24) is 0 Å². The smallest absolute Gasteiger partial charge is 0.462 e. The maximum absolute atomic E-state index is 13.1. The number of carbonyl (C=O) groups is 4. The normalized spacial score (nSPS) is 13.9. The van der Waals surface area contributed by atoms with E-state index in [1.807, 2.05) is 0 Å². The summed E-state index contributed by atoms with van der Waals surface area (Å²) in [6.45, 7) is 4.98. The second-order valence-corrected chi connectivity index (χ2v) is 29.6. The Morgan fingerprint density at radius 3 is 0.634 bits per heavy atom. The van der Waals surface area contributed by atoms with Crippen molar-refractivity contribution in [2.75, 3.05) is 39.6 Å². The fourth-order valence-electron chi connectivity index (χ4n) is 11.4. The van der Waals surface area contributed by atoms with Crippen LogP contribution in [0.4, 0.5) is 0 Å². The Morgan fingerprint density at radius 1 is 0.258 bits per heavy atom. The number of esters is 4. The van der Waals surface area contributed by atoms with Crippen LogP contribution in [0.1, 0.15) is 394 Å². The molecule has 0 spiro atoms. The third kappa shape index (κ3) is 68.4. The number of aliphatic hydroxyl groups is 1. The highest BCUT2D eigenvalue weighted by Crippen LogP contribution is 2.45. The number of phosphoric acid groups is 2. The standard InChI is InChI=1S/C74H144O17P2/c1-5-9-13-17-21-25-29-32-34-35-37-41-45-49-53-57-61-74(79)91-70(65-85-72(77)59-55-51-47-43-40-36-33-30-26-22-18-14-10-6-2)67-89-93(82,83)87-63-68(75)62-86-92(80,81)88-66-69(64-84-71(76)58-54-50-46-42-38-28-24-20-16-12-8-4)90-73(78)60-56-52-48-44-39-31-27-23-19-15-11-7-3/h68-70,75H,5-67H2,1-4H3,(H,80,81)(H,82,83)/t68-,69+,70+/m0/s1. The predicted molar refractivity (Wildman–Crippen MR) is 377 cm³/mol. The molecule has 19 heteroatoms. The van der Waals surface area contributed by atoms with Gasteiger partial charge < -0.3 is 33.8 Å². The van der Waals surface area contributed by atoms with Gasteiger partial charge in [0.2, 0.25) is 0 Å². The number of rotatable bonds is 75. The lowest BCUT2D eigenvalue weighted by atomic mass is 10.0. The zero-order valence-electron chi connectivity index (χ0n) is 60.2. The molecule has 0 radical (unpaired) electrons. The molecule has 0 aliphatic heterocycles. The highest BCUT2D eigenvalue weighted by Gasteiger charge is 2.30. The molecule has 0 fully saturated rings. The van der Waals surface area contributed by atoms with E-state index < -0.39 is 97.5 Å². The van der Waals surface area contributed by atoms with Crippen molar-refractivity contribution in [2.24, 2.45) is 0 Å². The minimum Gasteiger partial charge on any atom is -0.462 e. The van der Waals surface area contributed by atoms with Gasteiger partial charge in [-0.05, 0) is 25.7 Å². The van der Waals surface area contributed by atoms with Crippen molar-refractivity contribution >= 4 is 39.5 Å². The molecule has 0 aliphatic carbocycles. The lowest BCUT2D eigenvalue weighted by Crippen LogP contribution is -2.30. The van der Waals surface area contributed by atoms with Crippen molar-refractivity contribution in [1.29, 1.82) is 0 Å². The molecule has 0 aromatic heterocycles. The monoisotopic (exact) mass is 1370 g/mol. The fourth-order valence-corrected chi connectivity index (χ4v) is 13.0. The van der Waals surface area contributed by atoms with Crippen LogP contribution in [0.3, 0.4) is 0 Å². The van der Waals surface area contributed by atoms with Gasteiger partial charge in [0, 0.05) is 25.7 Å². The zero-order valence-corrected chi connectivity index (χ0v) is 62.0.